The number of benzene rings is 4. The molecule has 12 rings (SSSR count). The van der Waals surface area contributed by atoms with Gasteiger partial charge in [0.15, 0.2) is 0 Å². The maximum atomic E-state index is 9.87. The van der Waals surface area contributed by atoms with Crippen LogP contribution in [0.1, 0.15) is 64.8 Å². The molecule has 4 unspecified atom stereocenters. The molecule has 0 saturated heterocycles. The molecule has 4 aliphatic heterocycles. The number of nitrogens with zero attached hydrogens (tertiary/aromatic N) is 8. The van der Waals surface area contributed by atoms with Gasteiger partial charge in [-0.25, -0.2) is 18.3 Å². The molecule has 6 aromatic rings. The van der Waals surface area contributed by atoms with Crippen LogP contribution in [0.15, 0.2) is 159 Å². The van der Waals surface area contributed by atoms with Crippen LogP contribution in [0.25, 0.3) is 11.4 Å². The summed E-state index contributed by atoms with van der Waals surface area (Å²) in [4.78, 5) is 18.1. The Balaban J connectivity index is 0.000000169. The Morgan fingerprint density at radius 2 is 0.818 bits per heavy atom. The molecule has 2 aliphatic carbocycles. The molecule has 0 N–H and O–H groups in total. The summed E-state index contributed by atoms with van der Waals surface area (Å²) < 4.78 is 145. The van der Waals surface area contributed by atoms with Crippen molar-refractivity contribution in [1.29, 1.82) is 0 Å². The number of hydrogen-bond donors (Lipinski definition) is 0. The van der Waals surface area contributed by atoms with Gasteiger partial charge in [0, 0.05) is 60.4 Å². The fourth-order valence-corrected chi connectivity index (χ4v) is 9.87. The van der Waals surface area contributed by atoms with E-state index in [2.05, 4.69) is 161 Å². The van der Waals surface area contributed by atoms with Gasteiger partial charge in [0.1, 0.15) is 71.2 Å². The first-order valence-corrected chi connectivity index (χ1v) is 33.2. The Bertz CT molecular complexity index is 2870. The van der Waals surface area contributed by atoms with E-state index in [4.69, 9.17) is 34.5 Å². The molecule has 2 aromatic heterocycles. The van der Waals surface area contributed by atoms with E-state index in [0.29, 0.717) is 24.2 Å². The summed E-state index contributed by atoms with van der Waals surface area (Å²) >= 11 is -0.472. The second-order valence-electron chi connectivity index (χ2n) is 18.4. The molecule has 6 heterocycles. The second-order valence-corrected chi connectivity index (χ2v) is 25.5. The average Bonchev–Trinajstić information content (AvgIpc) is 4.24. The fraction of sp³-hybridized carbons (Fsp3) is 0.286. The maximum absolute atomic E-state index is 10.7. The zero-order chi connectivity index (χ0) is 56.6. The Hall–Kier alpha value is -5.46. The third-order valence-electron chi connectivity index (χ3n) is 12.8. The van der Waals surface area contributed by atoms with Gasteiger partial charge in [0.2, 0.25) is 12.7 Å². The molecule has 11 nitrogen and oxygen atoms in total. The van der Waals surface area contributed by atoms with Gasteiger partial charge in [-0.05, 0) is 87.1 Å². The Kier molecular flexibility index (Phi) is 16.7. The van der Waals surface area contributed by atoms with E-state index in [1.165, 1.54) is 62.7 Å². The smallest absolute Gasteiger partial charge is 0.249 e. The minimum absolute atomic E-state index is 0.460. The SMILES string of the molecule is C1=CN2CN1c1cccc(c1)Oc1cccc(c1)N1C=CN(C1)C1CCCCC12.F[P-](F)(F)(F)(F)F.F[P-](F)(F)(F)(F)F.[2H][C-]=O.[Cl][Pt][Cl].c1cc2cc(c1)-n1cc[n+](c1)C1CCCCC1[n+]1ccn(c1)-c1cccc(c1)O2. The molecule has 0 radical (unpaired) electrons. The van der Waals surface area contributed by atoms with Crippen LogP contribution >= 0.6 is 34.5 Å². The van der Waals surface area contributed by atoms with Crippen molar-refractivity contribution in [2.24, 2.45) is 0 Å². The van der Waals surface area contributed by atoms with E-state index in [1.807, 2.05) is 36.4 Å². The van der Waals surface area contributed by atoms with Crippen molar-refractivity contribution in [2.75, 3.05) is 23.1 Å². The normalized spacial score (nSPS) is 21.6. The van der Waals surface area contributed by atoms with E-state index in [9.17, 15) is 50.4 Å². The number of carbonyl (C=O) groups excluding carboxylic acids is 1. The summed E-state index contributed by atoms with van der Waals surface area (Å²) in [6.07, 6.45) is 32.3. The largest absolute Gasteiger partial charge is 0.457 e. The van der Waals surface area contributed by atoms with Gasteiger partial charge in [0.25, 0.3) is 0 Å². The molecule has 77 heavy (non-hydrogen) atoms. The molecule has 4 aromatic carbocycles. The molecule has 16 bridgehead atoms. The van der Waals surface area contributed by atoms with Crippen molar-refractivity contribution in [1.82, 2.24) is 18.9 Å². The molecule has 2 saturated carbocycles. The molecular formula is C49H51Cl2F12N8O3P2Pt-. The number of fused-ring (bicyclic) bond motifs is 26. The first-order chi connectivity index (χ1) is 36.4. The zero-order valence-corrected chi connectivity index (χ0v) is 45.8. The molecule has 28 heteroatoms. The van der Waals surface area contributed by atoms with Crippen LogP contribution in [0, 0.1) is 0 Å². The van der Waals surface area contributed by atoms with Crippen molar-refractivity contribution in [3.63, 3.8) is 0 Å². The van der Waals surface area contributed by atoms with Crippen molar-refractivity contribution in [2.45, 2.75) is 75.5 Å². The number of aromatic nitrogens is 4. The summed E-state index contributed by atoms with van der Waals surface area (Å²) in [6.45, 7) is 2.55. The van der Waals surface area contributed by atoms with Crippen LogP contribution in [-0.4, -0.2) is 51.1 Å². The van der Waals surface area contributed by atoms with Crippen molar-refractivity contribution < 1.29 is 91.6 Å². The minimum atomic E-state index is -10.7. The summed E-state index contributed by atoms with van der Waals surface area (Å²) in [5.41, 5.74) is 4.56. The number of anilines is 2. The van der Waals surface area contributed by atoms with Gasteiger partial charge in [-0.2, -0.15) is 1.37 Å². The number of rotatable bonds is 0. The van der Waals surface area contributed by atoms with Gasteiger partial charge >= 0.3 is 101 Å². The van der Waals surface area contributed by atoms with Crippen molar-refractivity contribution in [3.05, 3.63) is 159 Å². The fourth-order valence-electron chi connectivity index (χ4n) is 9.87. The number of imidazole rings is 2. The first kappa shape index (κ1) is 57.7. The average molecular weight is 1360 g/mol. The predicted octanol–water partition coefficient (Wildman–Crippen LogP) is 17.1. The zero-order valence-electron chi connectivity index (χ0n) is 41.2. The molecule has 0 amide bonds. The maximum Gasteiger partial charge on any atom is 0.249 e. The van der Waals surface area contributed by atoms with Crippen molar-refractivity contribution in [3.8, 4) is 34.4 Å². The summed E-state index contributed by atoms with van der Waals surface area (Å²) in [7, 11) is -11.6. The van der Waals surface area contributed by atoms with Crippen LogP contribution in [0.2, 0.25) is 0 Å². The van der Waals surface area contributed by atoms with Gasteiger partial charge < -0.3 is 33.9 Å². The molecule has 0 spiro atoms. The third kappa shape index (κ3) is 18.9. The quantitative estimate of drug-likeness (QED) is 0.0494. The predicted molar refractivity (Wildman–Crippen MR) is 270 cm³/mol. The number of hydrogen-bond acceptors (Lipinski definition) is 7. The van der Waals surface area contributed by atoms with Crippen LogP contribution in [0.4, 0.5) is 61.7 Å². The Labute approximate surface area is 453 Å². The van der Waals surface area contributed by atoms with E-state index in [0.717, 1.165) is 54.5 Å². The summed E-state index contributed by atoms with van der Waals surface area (Å²) in [5.74, 6) is 3.42. The third-order valence-corrected chi connectivity index (χ3v) is 12.8. The van der Waals surface area contributed by atoms with E-state index >= 15 is 0 Å². The summed E-state index contributed by atoms with van der Waals surface area (Å²) in [5, 5.41) is 0. The first-order valence-electron chi connectivity index (χ1n) is 24.0. The Morgan fingerprint density at radius 1 is 0.519 bits per heavy atom. The van der Waals surface area contributed by atoms with Crippen LogP contribution in [0.3, 0.4) is 0 Å². The van der Waals surface area contributed by atoms with Crippen molar-refractivity contribution >= 4 is 52.6 Å². The van der Waals surface area contributed by atoms with Crippen LogP contribution in [0.5, 0.6) is 23.0 Å². The van der Waals surface area contributed by atoms with Crippen LogP contribution in [-0.2, 0) is 21.3 Å². The second kappa shape index (κ2) is 22.3. The van der Waals surface area contributed by atoms with Gasteiger partial charge in [-0.3, -0.25) is 6.77 Å². The number of halogens is 14. The molecule has 4 atom stereocenters. The molecule has 424 valence electrons. The summed E-state index contributed by atoms with van der Waals surface area (Å²) in [6, 6.07) is 35.4. The monoisotopic (exact) mass is 1360 g/mol. The van der Waals surface area contributed by atoms with Gasteiger partial charge in [-0.1, -0.05) is 37.1 Å². The molecule has 2 fully saturated rings. The van der Waals surface area contributed by atoms with Gasteiger partial charge in [0.05, 0.1) is 25.4 Å². The van der Waals surface area contributed by atoms with Crippen LogP contribution < -0.4 is 28.4 Å². The minimum Gasteiger partial charge on any atom is -0.457 e. The molecular weight excluding hydrogens is 1300 g/mol. The topological polar surface area (TPSA) is 66.1 Å². The standard InChI is InChI=1S/C24H26N4O.C24H24N4O.CHO.2ClH.2F6P.Pt/c2*1-2-10-24-23(9-1)27-13-11-25(17-27)19-5-3-7-21(15-19)29-22-8-4-6-20(16-22)26-12-14-28(24)18-26;1-2;;;2*1-7(2,3,4,5)6;/h3-8,11-16,23-24H,1-2,9-10,17-18H2;3-8,11-18,23-24H,1-2,9-10H2;1H;2*1H;;;/q;+2;-1;;;2*-1;+2/p-2/i;;1D;;;;;. The van der Waals surface area contributed by atoms with E-state index in [-0.39, 0.29) is 0 Å². The van der Waals surface area contributed by atoms with Gasteiger partial charge in [-0.15, -0.1) is 0 Å². The van der Waals surface area contributed by atoms with E-state index in [1.54, 1.807) is 0 Å². The number of ether oxygens (including phenoxy) is 2. The Morgan fingerprint density at radius 3 is 1.16 bits per heavy atom. The van der Waals surface area contributed by atoms with E-state index < -0.39 is 32.1 Å². The molecule has 6 aliphatic rings.